The van der Waals surface area contributed by atoms with Crippen molar-refractivity contribution in [3.05, 3.63) is 53.6 Å². The number of unbranched alkanes of at least 4 members (excludes halogenated alkanes) is 3. The van der Waals surface area contributed by atoms with E-state index in [-0.39, 0.29) is 22.8 Å². The molecule has 3 N–H and O–H groups in total. The summed E-state index contributed by atoms with van der Waals surface area (Å²) in [5.41, 5.74) is 0.779. The van der Waals surface area contributed by atoms with Gasteiger partial charge in [0.2, 0.25) is 0 Å². The van der Waals surface area contributed by atoms with Crippen LogP contribution in [0.4, 0.5) is 0 Å². The standard InChI is InChI=1S/C20H22O6/c21-16-11-7-9-14(18(16)22)8-3-1-2-6-13-26-17-12-5-4-10-15(17)19(23)20(24)25/h4-5,7,9-12,21-22H,1-3,6,8,13H2,(H,24,25). The molecule has 0 aliphatic rings. The molecule has 138 valence electrons. The number of carbonyl (C=O) groups is 2. The number of Topliss-reactive ketones (excluding diaryl/α,β-unsaturated/α-hetero) is 1. The van der Waals surface area contributed by atoms with Gasteiger partial charge in [0.05, 0.1) is 12.2 Å². The second-order valence-corrected chi connectivity index (χ2v) is 5.93. The Hall–Kier alpha value is -3.02. The van der Waals surface area contributed by atoms with E-state index in [1.165, 1.54) is 12.1 Å². The van der Waals surface area contributed by atoms with Crippen molar-refractivity contribution in [1.82, 2.24) is 0 Å². The van der Waals surface area contributed by atoms with E-state index >= 15 is 0 Å². The fourth-order valence-corrected chi connectivity index (χ4v) is 2.63. The van der Waals surface area contributed by atoms with Crippen molar-refractivity contribution in [2.45, 2.75) is 32.1 Å². The van der Waals surface area contributed by atoms with Gasteiger partial charge in [0.15, 0.2) is 11.5 Å². The van der Waals surface area contributed by atoms with Crippen LogP contribution >= 0.6 is 0 Å². The van der Waals surface area contributed by atoms with Crippen LogP contribution in [0.2, 0.25) is 0 Å². The number of rotatable bonds is 10. The summed E-state index contributed by atoms with van der Waals surface area (Å²) in [6.07, 6.45) is 4.13. The van der Waals surface area contributed by atoms with Crippen LogP contribution in [0.15, 0.2) is 42.5 Å². The van der Waals surface area contributed by atoms with Gasteiger partial charge >= 0.3 is 5.97 Å². The lowest BCUT2D eigenvalue weighted by molar-refractivity contribution is -0.131. The summed E-state index contributed by atoms with van der Waals surface area (Å²) in [6.45, 7) is 0.390. The zero-order chi connectivity index (χ0) is 18.9. The molecule has 0 saturated carbocycles. The Morgan fingerprint density at radius 3 is 2.38 bits per heavy atom. The molecule has 6 nitrogen and oxygen atoms in total. The zero-order valence-electron chi connectivity index (χ0n) is 14.4. The highest BCUT2D eigenvalue weighted by Gasteiger charge is 2.18. The van der Waals surface area contributed by atoms with Gasteiger partial charge in [0.1, 0.15) is 5.75 Å². The van der Waals surface area contributed by atoms with Crippen LogP contribution < -0.4 is 4.74 Å². The van der Waals surface area contributed by atoms with Gasteiger partial charge in [0, 0.05) is 0 Å². The SMILES string of the molecule is O=C(O)C(=O)c1ccccc1OCCCCCCc1cccc(O)c1O. The molecule has 0 aromatic heterocycles. The Labute approximate surface area is 151 Å². The first-order valence-electron chi connectivity index (χ1n) is 8.50. The molecule has 26 heavy (non-hydrogen) atoms. The molecule has 0 bridgehead atoms. The van der Waals surface area contributed by atoms with Crippen LogP contribution in [0.1, 0.15) is 41.6 Å². The number of aromatic hydroxyl groups is 2. The zero-order valence-corrected chi connectivity index (χ0v) is 14.4. The van der Waals surface area contributed by atoms with Crippen molar-refractivity contribution >= 4 is 11.8 Å². The van der Waals surface area contributed by atoms with E-state index in [1.54, 1.807) is 30.3 Å². The van der Waals surface area contributed by atoms with Crippen LogP contribution in [-0.2, 0) is 11.2 Å². The predicted octanol–water partition coefficient (Wildman–Crippen LogP) is 3.55. The molecule has 0 radical (unpaired) electrons. The minimum Gasteiger partial charge on any atom is -0.504 e. The molecule has 2 aromatic carbocycles. The number of phenolic OH excluding ortho intramolecular Hbond substituents is 2. The second kappa shape index (κ2) is 9.46. The summed E-state index contributed by atoms with van der Waals surface area (Å²) < 4.78 is 5.55. The Morgan fingerprint density at radius 1 is 0.885 bits per heavy atom. The van der Waals surface area contributed by atoms with Crippen molar-refractivity contribution < 1.29 is 29.6 Å². The molecule has 2 aromatic rings. The number of ketones is 1. The molecule has 6 heteroatoms. The first-order valence-corrected chi connectivity index (χ1v) is 8.50. The number of carbonyl (C=O) groups excluding carboxylic acids is 1. The number of carboxylic acid groups (broad SMARTS) is 1. The van der Waals surface area contributed by atoms with Gasteiger partial charge in [0.25, 0.3) is 5.78 Å². The molecular weight excluding hydrogens is 336 g/mol. The van der Waals surface area contributed by atoms with Crippen LogP contribution in [0, 0.1) is 0 Å². The van der Waals surface area contributed by atoms with Crippen LogP contribution in [-0.4, -0.2) is 33.7 Å². The van der Waals surface area contributed by atoms with Crippen LogP contribution in [0.25, 0.3) is 0 Å². The van der Waals surface area contributed by atoms with Gasteiger partial charge in [-0.25, -0.2) is 4.79 Å². The molecule has 0 aliphatic carbocycles. The van der Waals surface area contributed by atoms with E-state index in [9.17, 15) is 19.8 Å². The molecule has 0 heterocycles. The lowest BCUT2D eigenvalue weighted by Gasteiger charge is -2.09. The summed E-state index contributed by atoms with van der Waals surface area (Å²) in [5.74, 6) is -2.37. The van der Waals surface area contributed by atoms with Gasteiger partial charge < -0.3 is 20.1 Å². The lowest BCUT2D eigenvalue weighted by atomic mass is 10.0. The maximum absolute atomic E-state index is 11.6. The Kier molecular flexibility index (Phi) is 7.02. The number of aliphatic carboxylic acids is 1. The number of ether oxygens (including phenoxy) is 1. The van der Waals surface area contributed by atoms with Crippen molar-refractivity contribution in [1.29, 1.82) is 0 Å². The summed E-state index contributed by atoms with van der Waals surface area (Å²) in [6, 6.07) is 11.2. The second-order valence-electron chi connectivity index (χ2n) is 5.93. The predicted molar refractivity (Wildman–Crippen MR) is 95.8 cm³/mol. The highest BCUT2D eigenvalue weighted by molar-refractivity contribution is 6.40. The van der Waals surface area contributed by atoms with E-state index in [0.717, 1.165) is 31.2 Å². The van der Waals surface area contributed by atoms with Gasteiger partial charge in [-0.15, -0.1) is 0 Å². The number of carboxylic acids is 1. The largest absolute Gasteiger partial charge is 0.504 e. The first-order chi connectivity index (χ1) is 12.5. The van der Waals surface area contributed by atoms with Crippen molar-refractivity contribution in [2.75, 3.05) is 6.61 Å². The van der Waals surface area contributed by atoms with E-state index in [1.807, 2.05) is 0 Å². The molecular formula is C20H22O6. The van der Waals surface area contributed by atoms with Crippen molar-refractivity contribution in [3.8, 4) is 17.2 Å². The van der Waals surface area contributed by atoms with E-state index in [2.05, 4.69) is 0 Å². The highest BCUT2D eigenvalue weighted by Crippen LogP contribution is 2.29. The van der Waals surface area contributed by atoms with Gasteiger partial charge in [-0.1, -0.05) is 37.1 Å². The Balaban J connectivity index is 1.71. The van der Waals surface area contributed by atoms with E-state index in [4.69, 9.17) is 9.84 Å². The number of para-hydroxylation sites is 2. The van der Waals surface area contributed by atoms with Crippen LogP contribution in [0.3, 0.4) is 0 Å². The van der Waals surface area contributed by atoms with Gasteiger partial charge in [-0.05, 0) is 43.0 Å². The molecule has 0 fully saturated rings. The third kappa shape index (κ3) is 5.24. The van der Waals surface area contributed by atoms with E-state index < -0.39 is 11.8 Å². The minimum absolute atomic E-state index is 0.0550. The first kappa shape index (κ1) is 19.3. The summed E-state index contributed by atoms with van der Waals surface area (Å²) in [7, 11) is 0. The molecule has 0 amide bonds. The monoisotopic (exact) mass is 358 g/mol. The third-order valence-electron chi connectivity index (χ3n) is 4.02. The molecule has 0 saturated heterocycles. The quantitative estimate of drug-likeness (QED) is 0.260. The molecule has 0 aliphatic heterocycles. The van der Waals surface area contributed by atoms with Gasteiger partial charge in [-0.2, -0.15) is 0 Å². The normalized spacial score (nSPS) is 10.5. The molecule has 0 spiro atoms. The minimum atomic E-state index is -1.50. The van der Waals surface area contributed by atoms with Crippen molar-refractivity contribution in [2.24, 2.45) is 0 Å². The number of aryl methyl sites for hydroxylation is 1. The Morgan fingerprint density at radius 2 is 1.62 bits per heavy atom. The smallest absolute Gasteiger partial charge is 0.377 e. The topological polar surface area (TPSA) is 104 Å². The maximum Gasteiger partial charge on any atom is 0.377 e. The van der Waals surface area contributed by atoms with Gasteiger partial charge in [-0.3, -0.25) is 4.79 Å². The molecule has 0 atom stereocenters. The van der Waals surface area contributed by atoms with Crippen molar-refractivity contribution in [3.63, 3.8) is 0 Å². The number of hydrogen-bond donors (Lipinski definition) is 3. The summed E-state index contributed by atoms with van der Waals surface area (Å²) in [5, 5.41) is 28.0. The maximum atomic E-state index is 11.6. The van der Waals surface area contributed by atoms with E-state index in [0.29, 0.717) is 13.0 Å². The summed E-state index contributed by atoms with van der Waals surface area (Å²) in [4.78, 5) is 22.4. The number of phenols is 2. The molecule has 2 rings (SSSR count). The number of benzene rings is 2. The molecule has 0 unspecified atom stereocenters. The van der Waals surface area contributed by atoms with Crippen LogP contribution in [0.5, 0.6) is 17.2 Å². The fraction of sp³-hybridized carbons (Fsp3) is 0.300. The highest BCUT2D eigenvalue weighted by atomic mass is 16.5. The lowest BCUT2D eigenvalue weighted by Crippen LogP contribution is -2.14. The summed E-state index contributed by atoms with van der Waals surface area (Å²) >= 11 is 0. The fourth-order valence-electron chi connectivity index (χ4n) is 2.63. The third-order valence-corrected chi connectivity index (χ3v) is 4.02. The Bertz CT molecular complexity index is 769. The number of hydrogen-bond acceptors (Lipinski definition) is 5. The average Bonchev–Trinajstić information content (AvgIpc) is 2.64. The average molecular weight is 358 g/mol.